The first kappa shape index (κ1) is 10.7. The Bertz CT molecular complexity index is 386. The number of esters is 1. The van der Waals surface area contributed by atoms with Crippen LogP contribution in [0.15, 0.2) is 30.3 Å². The molecule has 1 aliphatic rings. The predicted octanol–water partition coefficient (Wildman–Crippen LogP) is 1.78. The fraction of sp³-hybridized carbons (Fsp3) is 0.417. The van der Waals surface area contributed by atoms with Crippen LogP contribution in [0, 0.1) is 0 Å². The van der Waals surface area contributed by atoms with Crippen LogP contribution < -0.4 is 0 Å². The quantitative estimate of drug-likeness (QED) is 0.573. The number of hydrogen-bond donors (Lipinski definition) is 0. The van der Waals surface area contributed by atoms with Crippen molar-refractivity contribution in [3.63, 3.8) is 0 Å². The van der Waals surface area contributed by atoms with Gasteiger partial charge < -0.3 is 0 Å². The van der Waals surface area contributed by atoms with E-state index in [4.69, 9.17) is 4.74 Å². The first-order valence-corrected chi connectivity index (χ1v) is 5.79. The molecule has 0 aromatic heterocycles. The molecule has 1 unspecified atom stereocenters. The summed E-state index contributed by atoms with van der Waals surface area (Å²) in [7, 11) is 0. The molecule has 3 heteroatoms. The Morgan fingerprint density at radius 3 is 2.33 bits per heavy atom. The molecule has 1 atom stereocenters. The Labute approximate surface area is 97.8 Å². The maximum absolute atomic E-state index is 11.4. The zero-order valence-corrected chi connectivity index (χ0v) is 10.5. The first-order valence-electron chi connectivity index (χ1n) is 4.93. The van der Waals surface area contributed by atoms with Gasteiger partial charge in [-0.05, 0) is 0 Å². The van der Waals surface area contributed by atoms with Crippen molar-refractivity contribution in [3.05, 3.63) is 35.9 Å². The summed E-state index contributed by atoms with van der Waals surface area (Å²) in [5.74, 6) is -0.136. The Balaban J connectivity index is 2.47. The van der Waals surface area contributed by atoms with Gasteiger partial charge in [0.15, 0.2) is 0 Å². The summed E-state index contributed by atoms with van der Waals surface area (Å²) in [6.45, 7) is 3.89. The van der Waals surface area contributed by atoms with E-state index in [2.05, 4.69) is 16.0 Å². The molecule has 1 aromatic rings. The Morgan fingerprint density at radius 2 is 1.87 bits per heavy atom. The molecule has 2 rings (SSSR count). The SMILES string of the molecule is CC1(C)OC(=O)CC1([Se])c1ccccc1. The molecule has 1 fully saturated rings. The molecule has 79 valence electrons. The summed E-state index contributed by atoms with van der Waals surface area (Å²) < 4.78 is 5.01. The normalized spacial score (nSPS) is 28.9. The molecular formula is C12H13O2Se. The van der Waals surface area contributed by atoms with Crippen LogP contribution in [0.2, 0.25) is 0 Å². The van der Waals surface area contributed by atoms with E-state index in [0.29, 0.717) is 6.42 Å². The second-order valence-electron chi connectivity index (χ2n) is 4.35. The molecule has 0 spiro atoms. The molecule has 0 bridgehead atoms. The van der Waals surface area contributed by atoms with Crippen molar-refractivity contribution in [2.75, 3.05) is 0 Å². The van der Waals surface area contributed by atoms with E-state index in [9.17, 15) is 4.79 Å². The molecule has 1 aromatic carbocycles. The average molecular weight is 268 g/mol. The standard InChI is InChI=1S/C12H13O2Se/c1-11(2)12(15,8-10(13)14-11)9-6-4-3-5-7-9/h3-7H,8H2,1-2H3. The molecule has 1 heterocycles. The van der Waals surface area contributed by atoms with Crippen molar-refractivity contribution in [2.24, 2.45) is 0 Å². The predicted molar refractivity (Wildman–Crippen MR) is 58.7 cm³/mol. The van der Waals surface area contributed by atoms with Crippen molar-refractivity contribution in [1.29, 1.82) is 0 Å². The molecule has 0 saturated carbocycles. The van der Waals surface area contributed by atoms with Gasteiger partial charge in [-0.25, -0.2) is 0 Å². The summed E-state index contributed by atoms with van der Waals surface area (Å²) in [6.07, 6.45) is 0.407. The van der Waals surface area contributed by atoms with Crippen LogP contribution in [0.4, 0.5) is 0 Å². The van der Waals surface area contributed by atoms with E-state index in [1.807, 2.05) is 44.2 Å². The molecule has 0 N–H and O–H groups in total. The third-order valence-corrected chi connectivity index (χ3v) is 4.80. The van der Waals surface area contributed by atoms with Gasteiger partial charge in [0.2, 0.25) is 0 Å². The van der Waals surface area contributed by atoms with Crippen LogP contribution in [-0.4, -0.2) is 27.6 Å². The van der Waals surface area contributed by atoms with Gasteiger partial charge in [0.1, 0.15) is 0 Å². The summed E-state index contributed by atoms with van der Waals surface area (Å²) >= 11 is 3.14. The second-order valence-corrected chi connectivity index (χ2v) is 5.82. The van der Waals surface area contributed by atoms with Crippen molar-refractivity contribution in [3.8, 4) is 0 Å². The number of rotatable bonds is 1. The van der Waals surface area contributed by atoms with Crippen LogP contribution in [0.3, 0.4) is 0 Å². The Morgan fingerprint density at radius 1 is 1.27 bits per heavy atom. The number of ether oxygens (including phenoxy) is 1. The number of cyclic esters (lactones) is 1. The van der Waals surface area contributed by atoms with Gasteiger partial charge in [0, 0.05) is 0 Å². The monoisotopic (exact) mass is 269 g/mol. The number of carbonyl (C=O) groups excluding carboxylic acids is 1. The van der Waals surface area contributed by atoms with Crippen LogP contribution >= 0.6 is 0 Å². The molecule has 1 radical (unpaired) electrons. The van der Waals surface area contributed by atoms with Crippen molar-refractivity contribution < 1.29 is 9.53 Å². The van der Waals surface area contributed by atoms with Gasteiger partial charge in [-0.15, -0.1) is 0 Å². The minimum absolute atomic E-state index is 0.136. The summed E-state index contributed by atoms with van der Waals surface area (Å²) in [5, 5.41) is 0. The van der Waals surface area contributed by atoms with E-state index in [-0.39, 0.29) is 10.3 Å². The van der Waals surface area contributed by atoms with E-state index < -0.39 is 5.60 Å². The molecule has 15 heavy (non-hydrogen) atoms. The molecule has 1 aliphatic heterocycles. The summed E-state index contributed by atoms with van der Waals surface area (Å²) in [6, 6.07) is 9.98. The van der Waals surface area contributed by atoms with Crippen molar-refractivity contribution in [2.45, 2.75) is 30.2 Å². The van der Waals surface area contributed by atoms with Crippen molar-refractivity contribution in [1.82, 2.24) is 0 Å². The summed E-state index contributed by atoms with van der Waals surface area (Å²) in [4.78, 5) is 11.4. The van der Waals surface area contributed by atoms with E-state index in [1.54, 1.807) is 0 Å². The molecular weight excluding hydrogens is 255 g/mol. The zero-order chi connectivity index (χ0) is 11.1. The van der Waals surface area contributed by atoms with Gasteiger partial charge in [-0.2, -0.15) is 0 Å². The number of hydrogen-bond acceptors (Lipinski definition) is 2. The Hall–Kier alpha value is -0.791. The van der Waals surface area contributed by atoms with Crippen LogP contribution in [0.1, 0.15) is 25.8 Å². The van der Waals surface area contributed by atoms with Crippen molar-refractivity contribution >= 4 is 22.0 Å². The van der Waals surface area contributed by atoms with Gasteiger partial charge >= 0.3 is 97.6 Å². The van der Waals surface area contributed by atoms with E-state index in [1.165, 1.54) is 0 Å². The van der Waals surface area contributed by atoms with Crippen LogP contribution in [0.5, 0.6) is 0 Å². The second kappa shape index (κ2) is 3.36. The van der Waals surface area contributed by atoms with E-state index >= 15 is 0 Å². The maximum atomic E-state index is 11.4. The number of benzene rings is 1. The minimum atomic E-state index is -0.481. The fourth-order valence-corrected chi connectivity index (χ4v) is 2.60. The van der Waals surface area contributed by atoms with E-state index in [0.717, 1.165) is 5.56 Å². The van der Waals surface area contributed by atoms with Crippen LogP contribution in [-0.2, 0) is 13.8 Å². The fourth-order valence-electron chi connectivity index (χ4n) is 1.98. The molecule has 1 saturated heterocycles. The first-order chi connectivity index (χ1) is 6.96. The molecule has 2 nitrogen and oxygen atoms in total. The average Bonchev–Trinajstić information content (AvgIpc) is 2.38. The van der Waals surface area contributed by atoms with Gasteiger partial charge in [0.25, 0.3) is 0 Å². The third kappa shape index (κ3) is 1.60. The molecule has 0 amide bonds. The van der Waals surface area contributed by atoms with Gasteiger partial charge in [-0.3, -0.25) is 0 Å². The van der Waals surface area contributed by atoms with Gasteiger partial charge in [0.05, 0.1) is 0 Å². The van der Waals surface area contributed by atoms with Gasteiger partial charge in [-0.1, -0.05) is 0 Å². The third-order valence-electron chi connectivity index (χ3n) is 2.97. The topological polar surface area (TPSA) is 26.3 Å². The summed E-state index contributed by atoms with van der Waals surface area (Å²) in [5.41, 5.74) is 0.631. The zero-order valence-electron chi connectivity index (χ0n) is 8.82. The van der Waals surface area contributed by atoms with Crippen LogP contribution in [0.25, 0.3) is 0 Å². The molecule has 0 aliphatic carbocycles. The Kier molecular flexibility index (Phi) is 2.40. The number of carbonyl (C=O) groups is 1.